The lowest BCUT2D eigenvalue weighted by Crippen LogP contribution is -2.10. The maximum Gasteiger partial charge on any atom is 0.360 e. The molecule has 0 fully saturated rings. The average molecular weight is 167 g/mol. The summed E-state index contributed by atoms with van der Waals surface area (Å²) >= 11 is 0. The predicted octanol–water partition coefficient (Wildman–Crippen LogP) is 0.154. The van der Waals surface area contributed by atoms with E-state index < -0.39 is 5.97 Å². The summed E-state index contributed by atoms with van der Waals surface area (Å²) in [7, 11) is 1.27. The molecule has 0 aliphatic carbocycles. The lowest BCUT2D eigenvalue weighted by Gasteiger charge is -2.01. The minimum Gasteiger partial charge on any atom is -0.464 e. The SMILES string of the molecule is COC(=O)c1nc(C)cnc1N. The van der Waals surface area contributed by atoms with Gasteiger partial charge in [0.25, 0.3) is 0 Å². The topological polar surface area (TPSA) is 78.1 Å². The summed E-state index contributed by atoms with van der Waals surface area (Å²) in [5, 5.41) is 0. The Morgan fingerprint density at radius 2 is 2.33 bits per heavy atom. The Kier molecular flexibility index (Phi) is 2.23. The smallest absolute Gasteiger partial charge is 0.360 e. The summed E-state index contributed by atoms with van der Waals surface area (Å²) in [4.78, 5) is 18.6. The van der Waals surface area contributed by atoms with E-state index in [4.69, 9.17) is 5.73 Å². The molecule has 0 unspecified atom stereocenters. The van der Waals surface area contributed by atoms with Crippen molar-refractivity contribution >= 4 is 11.8 Å². The van der Waals surface area contributed by atoms with Crippen LogP contribution in [0.2, 0.25) is 0 Å². The second kappa shape index (κ2) is 3.17. The fraction of sp³-hybridized carbons (Fsp3) is 0.286. The Bertz CT molecular complexity index is 312. The molecule has 0 atom stereocenters. The van der Waals surface area contributed by atoms with Gasteiger partial charge in [-0.2, -0.15) is 0 Å². The second-order valence-corrected chi connectivity index (χ2v) is 2.24. The molecule has 0 amide bonds. The number of ether oxygens (including phenoxy) is 1. The molecule has 0 saturated carbocycles. The van der Waals surface area contributed by atoms with E-state index in [0.29, 0.717) is 5.69 Å². The zero-order valence-corrected chi connectivity index (χ0v) is 6.87. The first-order chi connectivity index (χ1) is 5.65. The minimum atomic E-state index is -0.566. The lowest BCUT2D eigenvalue weighted by atomic mass is 10.4. The summed E-state index contributed by atoms with van der Waals surface area (Å²) in [6.45, 7) is 1.72. The number of nitrogens with two attached hydrogens (primary N) is 1. The van der Waals surface area contributed by atoms with Gasteiger partial charge < -0.3 is 10.5 Å². The van der Waals surface area contributed by atoms with Gasteiger partial charge in [0.2, 0.25) is 0 Å². The Balaban J connectivity index is 3.13. The van der Waals surface area contributed by atoms with Crippen LogP contribution in [0.4, 0.5) is 5.82 Å². The van der Waals surface area contributed by atoms with Crippen LogP contribution in [-0.4, -0.2) is 23.0 Å². The van der Waals surface area contributed by atoms with Crippen LogP contribution in [0.15, 0.2) is 6.20 Å². The van der Waals surface area contributed by atoms with Crippen LogP contribution in [0.25, 0.3) is 0 Å². The molecule has 2 N–H and O–H groups in total. The summed E-state index contributed by atoms with van der Waals surface area (Å²) in [6.07, 6.45) is 1.49. The Morgan fingerprint density at radius 3 is 2.92 bits per heavy atom. The van der Waals surface area contributed by atoms with Gasteiger partial charge in [0.15, 0.2) is 11.5 Å². The number of anilines is 1. The van der Waals surface area contributed by atoms with E-state index in [-0.39, 0.29) is 11.5 Å². The summed E-state index contributed by atoms with van der Waals surface area (Å²) in [5.41, 5.74) is 6.09. The van der Waals surface area contributed by atoms with E-state index >= 15 is 0 Å². The molecule has 0 bridgehead atoms. The van der Waals surface area contributed by atoms with E-state index in [2.05, 4.69) is 14.7 Å². The molecule has 0 aliphatic heterocycles. The number of carbonyl (C=O) groups is 1. The average Bonchev–Trinajstić information content (AvgIpc) is 2.08. The van der Waals surface area contributed by atoms with Gasteiger partial charge in [0.1, 0.15) is 0 Å². The van der Waals surface area contributed by atoms with Gasteiger partial charge in [-0.1, -0.05) is 0 Å². The Hall–Kier alpha value is -1.65. The third-order valence-corrected chi connectivity index (χ3v) is 1.30. The molecule has 0 radical (unpaired) electrons. The number of nitrogens with zero attached hydrogens (tertiary/aromatic N) is 2. The van der Waals surface area contributed by atoms with Crippen LogP contribution < -0.4 is 5.73 Å². The van der Waals surface area contributed by atoms with Crippen molar-refractivity contribution < 1.29 is 9.53 Å². The molecule has 1 heterocycles. The summed E-state index contributed by atoms with van der Waals surface area (Å²) < 4.78 is 4.45. The molecule has 0 aromatic carbocycles. The number of hydrogen-bond donors (Lipinski definition) is 1. The first-order valence-electron chi connectivity index (χ1n) is 3.32. The molecule has 1 rings (SSSR count). The molecule has 0 saturated heterocycles. The highest BCUT2D eigenvalue weighted by Gasteiger charge is 2.12. The van der Waals surface area contributed by atoms with Crippen molar-refractivity contribution in [3.63, 3.8) is 0 Å². The van der Waals surface area contributed by atoms with Crippen LogP contribution in [-0.2, 0) is 4.74 Å². The lowest BCUT2D eigenvalue weighted by molar-refractivity contribution is 0.0594. The molecule has 0 spiro atoms. The normalized spacial score (nSPS) is 9.50. The molecule has 1 aromatic heterocycles. The predicted molar refractivity (Wildman–Crippen MR) is 42.5 cm³/mol. The fourth-order valence-electron chi connectivity index (χ4n) is 0.733. The van der Waals surface area contributed by atoms with Crippen LogP contribution in [0.1, 0.15) is 16.2 Å². The number of aromatic nitrogens is 2. The van der Waals surface area contributed by atoms with Gasteiger partial charge in [0.05, 0.1) is 19.0 Å². The van der Waals surface area contributed by atoms with Crippen molar-refractivity contribution in [1.29, 1.82) is 0 Å². The highest BCUT2D eigenvalue weighted by molar-refractivity contribution is 5.91. The van der Waals surface area contributed by atoms with E-state index in [9.17, 15) is 4.79 Å². The highest BCUT2D eigenvalue weighted by Crippen LogP contribution is 2.06. The number of carbonyl (C=O) groups excluding carboxylic acids is 1. The van der Waals surface area contributed by atoms with Crippen molar-refractivity contribution in [2.24, 2.45) is 0 Å². The van der Waals surface area contributed by atoms with Crippen molar-refractivity contribution in [1.82, 2.24) is 9.97 Å². The van der Waals surface area contributed by atoms with Crippen LogP contribution in [0.5, 0.6) is 0 Å². The van der Waals surface area contributed by atoms with Gasteiger partial charge in [-0.3, -0.25) is 0 Å². The maximum atomic E-state index is 11.0. The summed E-state index contributed by atoms with van der Waals surface area (Å²) in [5.74, 6) is -0.476. The number of rotatable bonds is 1. The quantitative estimate of drug-likeness (QED) is 0.602. The van der Waals surface area contributed by atoms with Crippen LogP contribution in [0.3, 0.4) is 0 Å². The first-order valence-corrected chi connectivity index (χ1v) is 3.32. The second-order valence-electron chi connectivity index (χ2n) is 2.24. The molecule has 0 aliphatic rings. The van der Waals surface area contributed by atoms with Gasteiger partial charge in [-0.05, 0) is 6.92 Å². The molecule has 64 valence electrons. The number of aryl methyl sites for hydroxylation is 1. The number of hydrogen-bond acceptors (Lipinski definition) is 5. The van der Waals surface area contributed by atoms with Crippen LogP contribution >= 0.6 is 0 Å². The molecule has 1 aromatic rings. The molecule has 5 nitrogen and oxygen atoms in total. The molecular formula is C7H9N3O2. The highest BCUT2D eigenvalue weighted by atomic mass is 16.5. The maximum absolute atomic E-state index is 11.0. The Morgan fingerprint density at radius 1 is 1.67 bits per heavy atom. The van der Waals surface area contributed by atoms with Gasteiger partial charge >= 0.3 is 5.97 Å². The number of nitrogen functional groups attached to an aromatic ring is 1. The van der Waals surface area contributed by atoms with Crippen molar-refractivity contribution in [2.45, 2.75) is 6.92 Å². The van der Waals surface area contributed by atoms with E-state index in [1.54, 1.807) is 6.92 Å². The third-order valence-electron chi connectivity index (χ3n) is 1.30. The Labute approximate surface area is 69.6 Å². The fourth-order valence-corrected chi connectivity index (χ4v) is 0.733. The standard InChI is InChI=1S/C7H9N3O2/c1-4-3-9-6(8)5(10-4)7(11)12-2/h3H,1-2H3,(H2,8,9). The van der Waals surface area contributed by atoms with E-state index in [1.165, 1.54) is 13.3 Å². The molecule has 12 heavy (non-hydrogen) atoms. The minimum absolute atomic E-state index is 0.0671. The van der Waals surface area contributed by atoms with E-state index in [0.717, 1.165) is 0 Å². The monoisotopic (exact) mass is 167 g/mol. The van der Waals surface area contributed by atoms with Crippen molar-refractivity contribution in [3.8, 4) is 0 Å². The van der Waals surface area contributed by atoms with Gasteiger partial charge in [-0.15, -0.1) is 0 Å². The zero-order valence-electron chi connectivity index (χ0n) is 6.87. The molecule has 5 heteroatoms. The summed E-state index contributed by atoms with van der Waals surface area (Å²) in [6, 6.07) is 0. The van der Waals surface area contributed by atoms with E-state index in [1.807, 2.05) is 0 Å². The van der Waals surface area contributed by atoms with Crippen LogP contribution in [0, 0.1) is 6.92 Å². The van der Waals surface area contributed by atoms with Gasteiger partial charge in [0, 0.05) is 0 Å². The largest absolute Gasteiger partial charge is 0.464 e. The molecular weight excluding hydrogens is 158 g/mol. The van der Waals surface area contributed by atoms with Gasteiger partial charge in [-0.25, -0.2) is 14.8 Å². The third kappa shape index (κ3) is 1.50. The number of esters is 1. The zero-order chi connectivity index (χ0) is 9.14. The first kappa shape index (κ1) is 8.45. The van der Waals surface area contributed by atoms with Crippen molar-refractivity contribution in [2.75, 3.05) is 12.8 Å². The number of methoxy groups -OCH3 is 1. The van der Waals surface area contributed by atoms with Crippen molar-refractivity contribution in [3.05, 3.63) is 17.6 Å².